The fraction of sp³-hybridized carbons (Fsp3) is 0.364. The molecule has 0 saturated carbocycles. The van der Waals surface area contributed by atoms with Gasteiger partial charge in [0.2, 0.25) is 0 Å². The quantitative estimate of drug-likeness (QED) is 0.553. The van der Waals surface area contributed by atoms with Crippen LogP contribution < -0.4 is 10.4 Å². The van der Waals surface area contributed by atoms with Crippen molar-refractivity contribution in [2.24, 2.45) is 0 Å². The molecule has 0 atom stereocenters. The van der Waals surface area contributed by atoms with Gasteiger partial charge in [-0.15, -0.1) is 0 Å². The number of benzene rings is 2. The Labute approximate surface area is 159 Å². The van der Waals surface area contributed by atoms with E-state index in [0.29, 0.717) is 6.61 Å². The summed E-state index contributed by atoms with van der Waals surface area (Å²) in [5.74, 6) is 0. The molecule has 25 heavy (non-hydrogen) atoms. The molecule has 0 saturated heterocycles. The van der Waals surface area contributed by atoms with Crippen LogP contribution in [0.3, 0.4) is 0 Å². The second-order valence-corrected chi connectivity index (χ2v) is 28.0. The molecule has 0 unspecified atom stereocenters. The van der Waals surface area contributed by atoms with Crippen LogP contribution in [0.4, 0.5) is 0 Å². The minimum absolute atomic E-state index is 0.0311. The van der Waals surface area contributed by atoms with E-state index in [1.165, 1.54) is 14.0 Å². The van der Waals surface area contributed by atoms with E-state index in [2.05, 4.69) is 103 Å². The third kappa shape index (κ3) is 4.47. The van der Waals surface area contributed by atoms with Crippen LogP contribution in [-0.4, -0.2) is 33.3 Å². The van der Waals surface area contributed by atoms with Crippen molar-refractivity contribution >= 4 is 37.1 Å². The molecule has 0 spiro atoms. The fourth-order valence-electron chi connectivity index (χ4n) is 3.17. The molecule has 0 fully saturated rings. The molecule has 0 heterocycles. The third-order valence-electron chi connectivity index (χ3n) is 4.94. The van der Waals surface area contributed by atoms with E-state index in [-0.39, 0.29) is 5.04 Å². The monoisotopic (exact) mass is 460 g/mol. The van der Waals surface area contributed by atoms with Crippen molar-refractivity contribution in [3.63, 3.8) is 0 Å². The second kappa shape index (κ2) is 7.81. The predicted molar refractivity (Wildman–Crippen MR) is 116 cm³/mol. The summed E-state index contributed by atoms with van der Waals surface area (Å²) < 4.78 is 8.30. The van der Waals surface area contributed by atoms with E-state index in [1.807, 2.05) is 0 Å². The van der Waals surface area contributed by atoms with Crippen LogP contribution in [-0.2, 0) is 4.43 Å². The van der Waals surface area contributed by atoms with Gasteiger partial charge in [0.15, 0.2) is 0 Å². The van der Waals surface area contributed by atoms with Gasteiger partial charge in [-0.05, 0) is 0 Å². The molecule has 0 radical (unpaired) electrons. The first-order valence-corrected chi connectivity index (χ1v) is 20.9. The number of hydrogen-bond donors (Lipinski definition) is 0. The van der Waals surface area contributed by atoms with Gasteiger partial charge in [-0.3, -0.25) is 0 Å². The Kier molecular flexibility index (Phi) is 6.39. The summed E-state index contributed by atoms with van der Waals surface area (Å²) in [5.41, 5.74) is 0. The maximum atomic E-state index is 6.95. The molecule has 2 aromatic rings. The van der Waals surface area contributed by atoms with Crippen molar-refractivity contribution < 1.29 is 4.43 Å². The maximum absolute atomic E-state index is 6.95. The van der Waals surface area contributed by atoms with Crippen molar-refractivity contribution in [2.75, 3.05) is 6.61 Å². The van der Waals surface area contributed by atoms with Crippen LogP contribution in [0.2, 0.25) is 19.9 Å². The molecule has 0 aliphatic carbocycles. The normalized spacial score (nSPS) is 12.9. The van der Waals surface area contributed by atoms with Gasteiger partial charge in [0.1, 0.15) is 0 Å². The van der Waals surface area contributed by atoms with Crippen LogP contribution in [0.15, 0.2) is 70.8 Å². The van der Waals surface area contributed by atoms with E-state index in [4.69, 9.17) is 4.43 Å². The van der Waals surface area contributed by atoms with E-state index >= 15 is 0 Å². The summed E-state index contributed by atoms with van der Waals surface area (Å²) >= 11 is -2.17. The molecule has 2 aromatic carbocycles. The summed E-state index contributed by atoms with van der Waals surface area (Å²) in [7, 11) is -2.42. The first-order chi connectivity index (χ1) is 11.6. The zero-order chi connectivity index (χ0) is 18.7. The van der Waals surface area contributed by atoms with Crippen molar-refractivity contribution in [2.45, 2.75) is 40.6 Å². The zero-order valence-electron chi connectivity index (χ0n) is 16.6. The molecule has 134 valence electrons. The van der Waals surface area contributed by atoms with E-state index in [0.717, 1.165) is 0 Å². The molecule has 0 amide bonds. The van der Waals surface area contributed by atoms with E-state index in [1.54, 1.807) is 0 Å². The predicted octanol–water partition coefficient (Wildman–Crippen LogP) is 5.00. The van der Waals surface area contributed by atoms with Crippen molar-refractivity contribution in [3.8, 4) is 0 Å². The standard InChI is InChI=1S/C19H23OSi.3CH3.Sn/c1-5-16-20-21(19(2,3)4,17-12-8-6-9-13-17)18-14-10-7-11-15-18;;;;/h6-15H,1,16H2,2-4H3;3*1H3;. The van der Waals surface area contributed by atoms with E-state index < -0.39 is 26.7 Å². The Balaban J connectivity index is 2.59. The molecule has 0 bridgehead atoms. The molecule has 0 aliphatic rings. The van der Waals surface area contributed by atoms with Gasteiger partial charge in [-0.1, -0.05) is 0 Å². The second-order valence-electron chi connectivity index (χ2n) is 8.81. The van der Waals surface area contributed by atoms with Crippen molar-refractivity contribution in [3.05, 3.63) is 70.8 Å². The first kappa shape index (κ1) is 20.5. The van der Waals surface area contributed by atoms with Crippen molar-refractivity contribution in [1.82, 2.24) is 0 Å². The van der Waals surface area contributed by atoms with Crippen molar-refractivity contribution in [1.29, 1.82) is 0 Å². The Morgan fingerprint density at radius 3 is 1.60 bits per heavy atom. The van der Waals surface area contributed by atoms with E-state index in [9.17, 15) is 0 Å². The Morgan fingerprint density at radius 2 is 1.28 bits per heavy atom. The van der Waals surface area contributed by atoms with Crippen LogP contribution in [0.1, 0.15) is 20.8 Å². The summed E-state index contributed by atoms with van der Waals surface area (Å²) in [6.45, 7) is 12.0. The van der Waals surface area contributed by atoms with Gasteiger partial charge in [0.05, 0.1) is 0 Å². The van der Waals surface area contributed by atoms with Gasteiger partial charge in [-0.2, -0.15) is 0 Å². The molecular formula is C22H32OSiSn. The summed E-state index contributed by atoms with van der Waals surface area (Å²) in [6.07, 6.45) is 0. The zero-order valence-corrected chi connectivity index (χ0v) is 20.5. The summed E-state index contributed by atoms with van der Waals surface area (Å²) in [5, 5.41) is 2.71. The number of rotatable bonds is 6. The Hall–Kier alpha value is -0.844. The van der Waals surface area contributed by atoms with Crippen LogP contribution >= 0.6 is 0 Å². The fourth-order valence-corrected chi connectivity index (χ4v) is 9.57. The molecular weight excluding hydrogens is 427 g/mol. The van der Waals surface area contributed by atoms with Crippen LogP contribution in [0.5, 0.6) is 0 Å². The van der Waals surface area contributed by atoms with Gasteiger partial charge in [-0.25, -0.2) is 0 Å². The molecule has 1 nitrogen and oxygen atoms in total. The van der Waals surface area contributed by atoms with Gasteiger partial charge >= 0.3 is 160 Å². The average Bonchev–Trinajstić information content (AvgIpc) is 2.55. The topological polar surface area (TPSA) is 9.23 Å². The third-order valence-corrected chi connectivity index (χ3v) is 16.4. The Morgan fingerprint density at radius 1 is 0.880 bits per heavy atom. The number of hydrogen-bond acceptors (Lipinski definition) is 1. The average molecular weight is 459 g/mol. The summed E-state index contributed by atoms with van der Waals surface area (Å²) in [4.78, 5) is 7.23. The first-order valence-electron chi connectivity index (χ1n) is 9.02. The van der Waals surface area contributed by atoms with Crippen LogP contribution in [0.25, 0.3) is 0 Å². The SMILES string of the molecule is C=[C](CO[Si](c1ccccc1)(c1ccccc1)C(C)(C)C)[Sn]([CH3])([CH3])[CH3]. The molecule has 0 aliphatic heterocycles. The van der Waals surface area contributed by atoms with Gasteiger partial charge in [0.25, 0.3) is 0 Å². The molecule has 2 rings (SSSR count). The van der Waals surface area contributed by atoms with Gasteiger partial charge < -0.3 is 0 Å². The van der Waals surface area contributed by atoms with Crippen LogP contribution in [0, 0.1) is 0 Å². The minimum atomic E-state index is -2.42. The Bertz CT molecular complexity index is 657. The molecule has 0 aromatic heterocycles. The summed E-state index contributed by atoms with van der Waals surface area (Å²) in [6, 6.07) is 21.7. The van der Waals surface area contributed by atoms with Gasteiger partial charge in [0, 0.05) is 0 Å². The molecule has 0 N–H and O–H groups in total. The molecule has 3 heteroatoms.